The van der Waals surface area contributed by atoms with Crippen molar-refractivity contribution in [2.75, 3.05) is 0 Å². The molecule has 36 heavy (non-hydrogen) atoms. The van der Waals surface area contributed by atoms with Crippen LogP contribution >= 0.6 is 0 Å². The largest absolute Gasteiger partial charge is 0.459 e. The Morgan fingerprint density at radius 2 is 1.69 bits per heavy atom. The lowest BCUT2D eigenvalue weighted by molar-refractivity contribution is -0.147. The van der Waals surface area contributed by atoms with Crippen LogP contribution in [0.15, 0.2) is 54.6 Å². The number of hydrogen-bond acceptors (Lipinski definition) is 5. The number of esters is 1. The predicted octanol–water partition coefficient (Wildman–Crippen LogP) is 6.22. The molecule has 1 aliphatic rings. The van der Waals surface area contributed by atoms with Crippen molar-refractivity contribution < 1.29 is 23.9 Å². The number of hydrogen-bond donors (Lipinski definition) is 1. The molecule has 1 N–H and O–H groups in total. The number of amides is 1. The van der Waals surface area contributed by atoms with Crippen molar-refractivity contribution in [1.29, 1.82) is 0 Å². The van der Waals surface area contributed by atoms with Gasteiger partial charge in [0.1, 0.15) is 24.0 Å². The SMILES string of the molecule is CC(C)(C)OC(=O)N[C@@H](CCC(=O)CC1CCC(C)(C)c2ccccc21)C(=O)OCc1ccccc1. The summed E-state index contributed by atoms with van der Waals surface area (Å²) in [5, 5.41) is 2.61. The van der Waals surface area contributed by atoms with Crippen LogP contribution < -0.4 is 5.32 Å². The van der Waals surface area contributed by atoms with Crippen LogP contribution in [0, 0.1) is 0 Å². The van der Waals surface area contributed by atoms with E-state index in [4.69, 9.17) is 9.47 Å². The molecule has 0 aromatic heterocycles. The highest BCUT2D eigenvalue weighted by Crippen LogP contribution is 2.43. The van der Waals surface area contributed by atoms with Gasteiger partial charge in [-0.15, -0.1) is 0 Å². The molecule has 1 unspecified atom stereocenters. The van der Waals surface area contributed by atoms with Crippen molar-refractivity contribution in [3.8, 4) is 0 Å². The molecule has 2 atom stereocenters. The highest BCUT2D eigenvalue weighted by molar-refractivity contribution is 5.84. The summed E-state index contributed by atoms with van der Waals surface area (Å²) < 4.78 is 10.8. The first kappa shape index (κ1) is 27.4. The van der Waals surface area contributed by atoms with Gasteiger partial charge in [0.2, 0.25) is 0 Å². The maximum absolute atomic E-state index is 13.0. The molecule has 1 amide bonds. The number of ketones is 1. The second kappa shape index (κ2) is 11.7. The van der Waals surface area contributed by atoms with Crippen LogP contribution in [0.3, 0.4) is 0 Å². The maximum Gasteiger partial charge on any atom is 0.408 e. The second-order valence-electron chi connectivity index (χ2n) is 11.3. The summed E-state index contributed by atoms with van der Waals surface area (Å²) in [6.07, 6.45) is 2.02. The molecule has 0 aliphatic heterocycles. The van der Waals surface area contributed by atoms with E-state index in [1.165, 1.54) is 11.1 Å². The van der Waals surface area contributed by atoms with Gasteiger partial charge in [0.05, 0.1) is 0 Å². The van der Waals surface area contributed by atoms with E-state index in [9.17, 15) is 14.4 Å². The summed E-state index contributed by atoms with van der Waals surface area (Å²) in [6, 6.07) is 16.7. The van der Waals surface area contributed by atoms with E-state index in [-0.39, 0.29) is 36.6 Å². The number of fused-ring (bicyclic) bond motifs is 1. The number of rotatable bonds is 9. The van der Waals surface area contributed by atoms with E-state index in [0.717, 1.165) is 18.4 Å². The molecule has 2 aromatic carbocycles. The fraction of sp³-hybridized carbons (Fsp3) is 0.500. The van der Waals surface area contributed by atoms with Crippen LogP contribution in [0.2, 0.25) is 0 Å². The van der Waals surface area contributed by atoms with Crippen molar-refractivity contribution in [2.24, 2.45) is 0 Å². The molecule has 6 nitrogen and oxygen atoms in total. The normalized spacial score (nSPS) is 17.4. The topological polar surface area (TPSA) is 81.7 Å². The Bertz CT molecular complexity index is 1050. The van der Waals surface area contributed by atoms with Crippen LogP contribution in [0.5, 0.6) is 0 Å². The van der Waals surface area contributed by atoms with E-state index in [2.05, 4.69) is 37.4 Å². The molecule has 3 rings (SSSR count). The molecule has 0 saturated carbocycles. The number of carbonyl (C=O) groups is 3. The summed E-state index contributed by atoms with van der Waals surface area (Å²) in [6.45, 7) is 9.84. The lowest BCUT2D eigenvalue weighted by Gasteiger charge is -2.37. The van der Waals surface area contributed by atoms with Crippen molar-refractivity contribution in [3.05, 3.63) is 71.3 Å². The Morgan fingerprint density at radius 1 is 1.03 bits per heavy atom. The van der Waals surface area contributed by atoms with Crippen LogP contribution in [0.25, 0.3) is 0 Å². The number of carbonyl (C=O) groups excluding carboxylic acids is 3. The van der Waals surface area contributed by atoms with E-state index in [1.807, 2.05) is 36.4 Å². The van der Waals surface area contributed by atoms with Crippen LogP contribution in [-0.2, 0) is 31.1 Å². The van der Waals surface area contributed by atoms with Gasteiger partial charge in [0.15, 0.2) is 0 Å². The minimum absolute atomic E-state index is 0.0707. The van der Waals surface area contributed by atoms with Crippen molar-refractivity contribution in [2.45, 2.75) is 96.3 Å². The van der Waals surface area contributed by atoms with Crippen molar-refractivity contribution in [3.63, 3.8) is 0 Å². The highest BCUT2D eigenvalue weighted by Gasteiger charge is 2.33. The third kappa shape index (κ3) is 7.94. The average molecular weight is 494 g/mol. The fourth-order valence-electron chi connectivity index (χ4n) is 4.72. The van der Waals surface area contributed by atoms with Crippen molar-refractivity contribution in [1.82, 2.24) is 5.32 Å². The first-order valence-electron chi connectivity index (χ1n) is 12.8. The Balaban J connectivity index is 1.62. The van der Waals surface area contributed by atoms with Crippen LogP contribution in [0.4, 0.5) is 4.79 Å². The number of alkyl carbamates (subject to hydrolysis) is 1. The number of Topliss-reactive ketones (excluding diaryl/α,β-unsaturated/α-hetero) is 1. The Kier molecular flexibility index (Phi) is 8.93. The van der Waals surface area contributed by atoms with E-state index < -0.39 is 23.7 Å². The van der Waals surface area contributed by atoms with Gasteiger partial charge >= 0.3 is 12.1 Å². The monoisotopic (exact) mass is 493 g/mol. The highest BCUT2D eigenvalue weighted by atomic mass is 16.6. The molecule has 2 aromatic rings. The van der Waals surface area contributed by atoms with Gasteiger partial charge in [0, 0.05) is 12.8 Å². The molecule has 0 heterocycles. The third-order valence-corrected chi connectivity index (χ3v) is 6.63. The molecule has 0 spiro atoms. The Labute approximate surface area is 214 Å². The van der Waals surface area contributed by atoms with E-state index in [1.54, 1.807) is 20.8 Å². The standard InChI is InChI=1S/C30H39NO5/c1-29(2,3)36-28(34)31-26(27(33)35-20-21-11-7-6-8-12-21)16-15-23(32)19-22-17-18-30(4,5)25-14-10-9-13-24(22)25/h6-14,22,26H,15-20H2,1-5H3,(H,31,34)/t22?,26-/m0/s1. The summed E-state index contributed by atoms with van der Waals surface area (Å²) in [4.78, 5) is 38.2. The number of nitrogens with one attached hydrogen (secondary N) is 1. The lowest BCUT2D eigenvalue weighted by atomic mass is 9.68. The zero-order valence-electron chi connectivity index (χ0n) is 22.1. The third-order valence-electron chi connectivity index (χ3n) is 6.63. The van der Waals surface area contributed by atoms with E-state index in [0.29, 0.717) is 6.42 Å². The van der Waals surface area contributed by atoms with Crippen LogP contribution in [0.1, 0.15) is 89.3 Å². The summed E-state index contributed by atoms with van der Waals surface area (Å²) in [5.74, 6) is -0.340. The molecule has 1 aliphatic carbocycles. The molecule has 0 saturated heterocycles. The maximum atomic E-state index is 13.0. The summed E-state index contributed by atoms with van der Waals surface area (Å²) in [5.41, 5.74) is 2.79. The second-order valence-corrected chi connectivity index (χ2v) is 11.3. The number of ether oxygens (including phenoxy) is 2. The molecule has 6 heteroatoms. The van der Waals surface area contributed by atoms with Gasteiger partial charge < -0.3 is 14.8 Å². The van der Waals surface area contributed by atoms with Gasteiger partial charge in [-0.05, 0) is 68.1 Å². The summed E-state index contributed by atoms with van der Waals surface area (Å²) >= 11 is 0. The van der Waals surface area contributed by atoms with Gasteiger partial charge in [-0.25, -0.2) is 9.59 Å². The van der Waals surface area contributed by atoms with Gasteiger partial charge in [-0.1, -0.05) is 68.4 Å². The first-order chi connectivity index (χ1) is 16.9. The Hall–Kier alpha value is -3.15. The Morgan fingerprint density at radius 3 is 2.39 bits per heavy atom. The predicted molar refractivity (Wildman–Crippen MR) is 140 cm³/mol. The molecule has 0 fully saturated rings. The van der Waals surface area contributed by atoms with Gasteiger partial charge in [-0.3, -0.25) is 4.79 Å². The molecule has 194 valence electrons. The molecular formula is C30H39NO5. The lowest BCUT2D eigenvalue weighted by Crippen LogP contribution is -2.44. The minimum atomic E-state index is -0.968. The van der Waals surface area contributed by atoms with Gasteiger partial charge in [0.25, 0.3) is 0 Å². The quantitative estimate of drug-likeness (QED) is 0.420. The average Bonchev–Trinajstić information content (AvgIpc) is 2.82. The van der Waals surface area contributed by atoms with Crippen molar-refractivity contribution >= 4 is 17.8 Å². The minimum Gasteiger partial charge on any atom is -0.459 e. The molecule has 0 bridgehead atoms. The smallest absolute Gasteiger partial charge is 0.408 e. The van der Waals surface area contributed by atoms with E-state index >= 15 is 0 Å². The first-order valence-corrected chi connectivity index (χ1v) is 12.8. The summed E-state index contributed by atoms with van der Waals surface area (Å²) in [7, 11) is 0. The zero-order chi connectivity index (χ0) is 26.3. The molecular weight excluding hydrogens is 454 g/mol. The zero-order valence-corrected chi connectivity index (χ0v) is 22.1. The van der Waals surface area contributed by atoms with Gasteiger partial charge in [-0.2, -0.15) is 0 Å². The fourth-order valence-corrected chi connectivity index (χ4v) is 4.72. The number of benzene rings is 2. The van der Waals surface area contributed by atoms with Crippen LogP contribution in [-0.4, -0.2) is 29.5 Å². The molecule has 0 radical (unpaired) electrons.